The summed E-state index contributed by atoms with van der Waals surface area (Å²) >= 11 is 3.87. The topological polar surface area (TPSA) is 0 Å². The van der Waals surface area contributed by atoms with Crippen LogP contribution < -0.4 is 0 Å². The van der Waals surface area contributed by atoms with Crippen molar-refractivity contribution in [2.24, 2.45) is 0 Å². The molecule has 0 radical (unpaired) electrons. The van der Waals surface area contributed by atoms with Gasteiger partial charge in [0.05, 0.1) is 0 Å². The molecule has 3 aromatic rings. The maximum absolute atomic E-state index is 3.87. The van der Waals surface area contributed by atoms with Gasteiger partial charge in [-0.05, 0) is 47.7 Å². The normalized spacial score (nSPS) is 12.5. The van der Waals surface area contributed by atoms with Gasteiger partial charge in [-0.1, -0.05) is 82.2 Å². The van der Waals surface area contributed by atoms with Crippen molar-refractivity contribution in [3.8, 4) is 0 Å². The lowest BCUT2D eigenvalue weighted by molar-refractivity contribution is 0.938. The Hall–Kier alpha value is -1.60. The molecule has 1 unspecified atom stereocenters. The molecule has 0 heterocycles. The largest absolute Gasteiger partial charge is 0.0835 e. The molecular formula is C20H19Br. The predicted molar refractivity (Wildman–Crippen MR) is 95.2 cm³/mol. The molecule has 3 rings (SSSR count). The van der Waals surface area contributed by atoms with E-state index in [0.29, 0.717) is 4.83 Å². The Morgan fingerprint density at radius 2 is 1.62 bits per heavy atom. The summed E-state index contributed by atoms with van der Waals surface area (Å²) in [6, 6.07) is 21.9. The van der Waals surface area contributed by atoms with E-state index in [-0.39, 0.29) is 0 Å². The van der Waals surface area contributed by atoms with Crippen LogP contribution in [0.5, 0.6) is 0 Å². The van der Waals surface area contributed by atoms with Crippen LogP contribution in [-0.4, -0.2) is 0 Å². The minimum Gasteiger partial charge on any atom is -0.0835 e. The van der Waals surface area contributed by atoms with Crippen LogP contribution in [0, 0.1) is 13.8 Å². The third kappa shape index (κ3) is 3.19. The summed E-state index contributed by atoms with van der Waals surface area (Å²) in [6.45, 7) is 4.34. The standard InChI is InChI=1S/C20H19Br/c1-14-7-8-15(2)19(11-14)13-20(21)18-10-9-16-5-3-4-6-17(16)12-18/h3-12,20H,13H2,1-2H3. The van der Waals surface area contributed by atoms with Gasteiger partial charge in [0, 0.05) is 4.83 Å². The Balaban J connectivity index is 1.89. The van der Waals surface area contributed by atoms with Crippen LogP contribution in [-0.2, 0) is 6.42 Å². The molecule has 0 saturated carbocycles. The fraction of sp³-hybridized carbons (Fsp3) is 0.200. The van der Waals surface area contributed by atoms with Crippen molar-refractivity contribution in [2.45, 2.75) is 25.1 Å². The molecule has 1 heteroatoms. The molecule has 0 N–H and O–H groups in total. The SMILES string of the molecule is Cc1ccc(C)c(CC(Br)c2ccc3ccccc3c2)c1. The highest BCUT2D eigenvalue weighted by atomic mass is 79.9. The van der Waals surface area contributed by atoms with E-state index < -0.39 is 0 Å². The highest BCUT2D eigenvalue weighted by molar-refractivity contribution is 9.09. The first kappa shape index (κ1) is 14.3. The van der Waals surface area contributed by atoms with Crippen molar-refractivity contribution < 1.29 is 0 Å². The molecule has 3 aromatic carbocycles. The van der Waals surface area contributed by atoms with Gasteiger partial charge in [0.2, 0.25) is 0 Å². The molecule has 1 atom stereocenters. The van der Waals surface area contributed by atoms with Gasteiger partial charge < -0.3 is 0 Å². The zero-order chi connectivity index (χ0) is 14.8. The Kier molecular flexibility index (Phi) is 4.12. The molecule has 21 heavy (non-hydrogen) atoms. The fourth-order valence-corrected chi connectivity index (χ4v) is 3.37. The van der Waals surface area contributed by atoms with Crippen LogP contribution in [0.1, 0.15) is 27.1 Å². The summed E-state index contributed by atoms with van der Waals surface area (Å²) in [6.07, 6.45) is 1.02. The van der Waals surface area contributed by atoms with Crippen molar-refractivity contribution in [3.63, 3.8) is 0 Å². The van der Waals surface area contributed by atoms with E-state index in [1.807, 2.05) is 0 Å². The summed E-state index contributed by atoms with van der Waals surface area (Å²) < 4.78 is 0. The number of benzene rings is 3. The van der Waals surface area contributed by atoms with Crippen LogP contribution in [0.25, 0.3) is 10.8 Å². The van der Waals surface area contributed by atoms with Crippen molar-refractivity contribution in [3.05, 3.63) is 82.9 Å². The first-order chi connectivity index (χ1) is 10.1. The molecule has 0 aliphatic heterocycles. The number of rotatable bonds is 3. The minimum absolute atomic E-state index is 0.350. The molecule has 0 bridgehead atoms. The molecule has 0 amide bonds. The van der Waals surface area contributed by atoms with Gasteiger partial charge in [0.25, 0.3) is 0 Å². The van der Waals surface area contributed by atoms with Crippen LogP contribution in [0.15, 0.2) is 60.7 Å². The van der Waals surface area contributed by atoms with Gasteiger partial charge in [-0.2, -0.15) is 0 Å². The number of hydrogen-bond acceptors (Lipinski definition) is 0. The third-order valence-electron chi connectivity index (χ3n) is 4.04. The highest BCUT2D eigenvalue weighted by Gasteiger charge is 2.11. The van der Waals surface area contributed by atoms with Gasteiger partial charge in [0.15, 0.2) is 0 Å². The molecule has 0 aromatic heterocycles. The predicted octanol–water partition coefficient (Wildman–Crippen LogP) is 6.14. The summed E-state index contributed by atoms with van der Waals surface area (Å²) in [4.78, 5) is 0.350. The van der Waals surface area contributed by atoms with Gasteiger partial charge in [-0.3, -0.25) is 0 Å². The number of halogens is 1. The molecular weight excluding hydrogens is 320 g/mol. The lowest BCUT2D eigenvalue weighted by Gasteiger charge is -2.14. The van der Waals surface area contributed by atoms with Gasteiger partial charge in [0.1, 0.15) is 0 Å². The average Bonchev–Trinajstić information content (AvgIpc) is 2.50. The minimum atomic E-state index is 0.350. The molecule has 0 aliphatic carbocycles. The van der Waals surface area contributed by atoms with E-state index in [4.69, 9.17) is 0 Å². The summed E-state index contributed by atoms with van der Waals surface area (Å²) in [5.41, 5.74) is 5.46. The van der Waals surface area contributed by atoms with Gasteiger partial charge in [-0.25, -0.2) is 0 Å². The maximum Gasteiger partial charge on any atom is 0.0435 e. The smallest absolute Gasteiger partial charge is 0.0435 e. The molecule has 0 aliphatic rings. The van der Waals surface area contributed by atoms with E-state index in [1.165, 1.54) is 33.0 Å². The first-order valence-corrected chi connectivity index (χ1v) is 8.24. The number of aryl methyl sites for hydroxylation is 2. The zero-order valence-corrected chi connectivity index (χ0v) is 14.0. The van der Waals surface area contributed by atoms with Gasteiger partial charge in [-0.15, -0.1) is 0 Å². The fourth-order valence-electron chi connectivity index (χ4n) is 2.73. The second-order valence-corrected chi connectivity index (χ2v) is 6.81. The zero-order valence-electron chi connectivity index (χ0n) is 12.4. The number of hydrogen-bond donors (Lipinski definition) is 0. The Morgan fingerprint density at radius 1 is 0.857 bits per heavy atom. The quantitative estimate of drug-likeness (QED) is 0.503. The van der Waals surface area contributed by atoms with Crippen LogP contribution >= 0.6 is 15.9 Å². The maximum atomic E-state index is 3.87. The molecule has 0 saturated heterocycles. The summed E-state index contributed by atoms with van der Waals surface area (Å²) in [7, 11) is 0. The van der Waals surface area contributed by atoms with E-state index in [9.17, 15) is 0 Å². The number of fused-ring (bicyclic) bond motifs is 1. The van der Waals surface area contributed by atoms with E-state index in [0.717, 1.165) is 6.42 Å². The van der Waals surface area contributed by atoms with Crippen LogP contribution in [0.2, 0.25) is 0 Å². The Bertz CT molecular complexity index is 774. The Labute approximate surface area is 134 Å². The summed E-state index contributed by atoms with van der Waals surface area (Å²) in [5.74, 6) is 0. The van der Waals surface area contributed by atoms with Gasteiger partial charge >= 0.3 is 0 Å². The molecule has 0 spiro atoms. The van der Waals surface area contributed by atoms with E-state index in [1.54, 1.807) is 0 Å². The average molecular weight is 339 g/mol. The van der Waals surface area contributed by atoms with E-state index >= 15 is 0 Å². The van der Waals surface area contributed by atoms with Crippen LogP contribution in [0.3, 0.4) is 0 Å². The first-order valence-electron chi connectivity index (χ1n) is 7.32. The second kappa shape index (κ2) is 6.03. The van der Waals surface area contributed by atoms with Crippen molar-refractivity contribution in [1.82, 2.24) is 0 Å². The molecule has 106 valence electrons. The van der Waals surface area contributed by atoms with Crippen molar-refractivity contribution in [1.29, 1.82) is 0 Å². The highest BCUT2D eigenvalue weighted by Crippen LogP contribution is 2.30. The monoisotopic (exact) mass is 338 g/mol. The number of alkyl halides is 1. The lowest BCUT2D eigenvalue weighted by atomic mass is 9.97. The second-order valence-electron chi connectivity index (χ2n) is 5.71. The molecule has 0 nitrogen and oxygen atoms in total. The van der Waals surface area contributed by atoms with Crippen LogP contribution in [0.4, 0.5) is 0 Å². The molecule has 0 fully saturated rings. The van der Waals surface area contributed by atoms with Crippen molar-refractivity contribution in [2.75, 3.05) is 0 Å². The Morgan fingerprint density at radius 3 is 2.43 bits per heavy atom. The third-order valence-corrected chi connectivity index (χ3v) is 4.89. The van der Waals surface area contributed by atoms with Crippen molar-refractivity contribution >= 4 is 26.7 Å². The lowest BCUT2D eigenvalue weighted by Crippen LogP contribution is -1.98. The summed E-state index contributed by atoms with van der Waals surface area (Å²) in [5, 5.41) is 2.60. The van der Waals surface area contributed by atoms with E-state index in [2.05, 4.69) is 90.4 Å².